The van der Waals surface area contributed by atoms with Crippen LogP contribution in [0.2, 0.25) is 0 Å². The van der Waals surface area contributed by atoms with Gasteiger partial charge in [0.1, 0.15) is 5.82 Å². The highest BCUT2D eigenvalue weighted by atomic mass is 127. The van der Waals surface area contributed by atoms with Gasteiger partial charge in [-0.3, -0.25) is 4.99 Å². The summed E-state index contributed by atoms with van der Waals surface area (Å²) < 4.78 is 13.5. The second-order valence-electron chi connectivity index (χ2n) is 7.44. The van der Waals surface area contributed by atoms with E-state index in [9.17, 15) is 4.39 Å². The predicted molar refractivity (Wildman–Crippen MR) is 130 cm³/mol. The average Bonchev–Trinajstić information content (AvgIpc) is 2.95. The lowest BCUT2D eigenvalue weighted by Crippen LogP contribution is -2.39. The lowest BCUT2D eigenvalue weighted by Gasteiger charge is -2.19. The molecule has 29 heavy (non-hydrogen) atoms. The molecule has 0 spiro atoms. The molecule has 2 aromatic rings. The fourth-order valence-corrected chi connectivity index (χ4v) is 3.64. The third-order valence-corrected chi connectivity index (χ3v) is 5.26. The first-order chi connectivity index (χ1) is 13.7. The van der Waals surface area contributed by atoms with Gasteiger partial charge in [-0.15, -0.1) is 24.0 Å². The molecule has 0 amide bonds. The fraction of sp³-hybridized carbons (Fsp3) is 0.571. The van der Waals surface area contributed by atoms with Crippen molar-refractivity contribution in [2.45, 2.75) is 19.8 Å². The summed E-state index contributed by atoms with van der Waals surface area (Å²) in [5.74, 6) is 0.649. The van der Waals surface area contributed by atoms with Crippen molar-refractivity contribution in [3.63, 3.8) is 0 Å². The molecule has 0 saturated carbocycles. The number of aromatic amines is 1. The van der Waals surface area contributed by atoms with Crippen LogP contribution in [0, 0.1) is 5.82 Å². The molecule has 1 aromatic heterocycles. The van der Waals surface area contributed by atoms with E-state index in [0.717, 1.165) is 74.7 Å². The summed E-state index contributed by atoms with van der Waals surface area (Å²) in [7, 11) is 2.19. The van der Waals surface area contributed by atoms with Crippen LogP contribution in [-0.4, -0.2) is 80.1 Å². The minimum Gasteiger partial charge on any atom is -0.361 e. The van der Waals surface area contributed by atoms with Crippen molar-refractivity contribution in [1.29, 1.82) is 0 Å². The summed E-state index contributed by atoms with van der Waals surface area (Å²) in [6, 6.07) is 4.87. The zero-order valence-corrected chi connectivity index (χ0v) is 19.8. The summed E-state index contributed by atoms with van der Waals surface area (Å²) >= 11 is 0. The maximum absolute atomic E-state index is 13.5. The van der Waals surface area contributed by atoms with Crippen molar-refractivity contribution >= 4 is 40.8 Å². The number of nitrogens with one attached hydrogen (secondary N) is 3. The number of nitrogens with zero attached hydrogens (tertiary/aromatic N) is 3. The molecule has 0 radical (unpaired) electrons. The summed E-state index contributed by atoms with van der Waals surface area (Å²) in [6.07, 6.45) is 4.00. The van der Waals surface area contributed by atoms with E-state index in [-0.39, 0.29) is 29.8 Å². The molecule has 1 aliphatic rings. The average molecular weight is 516 g/mol. The second kappa shape index (κ2) is 12.3. The molecule has 0 aliphatic carbocycles. The second-order valence-corrected chi connectivity index (χ2v) is 7.44. The van der Waals surface area contributed by atoms with Crippen molar-refractivity contribution < 1.29 is 4.39 Å². The molecule has 8 heteroatoms. The van der Waals surface area contributed by atoms with Crippen LogP contribution in [0.3, 0.4) is 0 Å². The zero-order valence-electron chi connectivity index (χ0n) is 17.5. The monoisotopic (exact) mass is 516 g/mol. The maximum Gasteiger partial charge on any atom is 0.191 e. The highest BCUT2D eigenvalue weighted by molar-refractivity contribution is 14.0. The molecule has 1 fully saturated rings. The van der Waals surface area contributed by atoms with E-state index < -0.39 is 0 Å². The molecular weight excluding hydrogens is 482 g/mol. The van der Waals surface area contributed by atoms with Crippen LogP contribution < -0.4 is 10.6 Å². The molecule has 0 bridgehead atoms. The van der Waals surface area contributed by atoms with E-state index in [1.807, 2.05) is 6.20 Å². The molecule has 1 aliphatic heterocycles. The van der Waals surface area contributed by atoms with Gasteiger partial charge < -0.3 is 25.4 Å². The topological polar surface area (TPSA) is 58.7 Å². The Kier molecular flexibility index (Phi) is 10.2. The highest BCUT2D eigenvalue weighted by Crippen LogP contribution is 2.19. The standard InChI is InChI=1S/C21H33FN6.HI/c1-3-23-21(25-9-12-28-11-4-10-27(2)13-14-28)24-8-7-17-16-26-20-6-5-18(22)15-19(17)20;/h5-6,15-16,26H,3-4,7-14H2,1-2H3,(H2,23,24,25);1H. The van der Waals surface area contributed by atoms with E-state index in [0.29, 0.717) is 0 Å². The Bertz CT molecular complexity index is 778. The smallest absolute Gasteiger partial charge is 0.191 e. The largest absolute Gasteiger partial charge is 0.361 e. The van der Waals surface area contributed by atoms with Gasteiger partial charge in [-0.05, 0) is 63.7 Å². The quantitative estimate of drug-likeness (QED) is 0.301. The Hall–Kier alpha value is -1.39. The maximum atomic E-state index is 13.5. The van der Waals surface area contributed by atoms with Gasteiger partial charge in [0, 0.05) is 49.8 Å². The predicted octanol–water partition coefficient (Wildman–Crippen LogP) is 2.66. The highest BCUT2D eigenvalue weighted by Gasteiger charge is 2.11. The van der Waals surface area contributed by atoms with E-state index in [1.54, 1.807) is 12.1 Å². The Labute approximate surface area is 190 Å². The van der Waals surface area contributed by atoms with Crippen molar-refractivity contribution in [1.82, 2.24) is 25.4 Å². The number of H-pyrrole nitrogens is 1. The first-order valence-electron chi connectivity index (χ1n) is 10.3. The van der Waals surface area contributed by atoms with E-state index in [4.69, 9.17) is 4.99 Å². The summed E-state index contributed by atoms with van der Waals surface area (Å²) in [6.45, 7) is 10.0. The van der Waals surface area contributed by atoms with Crippen molar-refractivity contribution in [2.24, 2.45) is 4.99 Å². The summed E-state index contributed by atoms with van der Waals surface area (Å²) in [5.41, 5.74) is 2.09. The van der Waals surface area contributed by atoms with Crippen LogP contribution in [-0.2, 0) is 6.42 Å². The van der Waals surface area contributed by atoms with Crippen LogP contribution in [0.15, 0.2) is 29.4 Å². The first kappa shape index (κ1) is 23.9. The van der Waals surface area contributed by atoms with Gasteiger partial charge in [0.25, 0.3) is 0 Å². The number of halogens is 2. The number of rotatable bonds is 7. The van der Waals surface area contributed by atoms with E-state index >= 15 is 0 Å². The van der Waals surface area contributed by atoms with Gasteiger partial charge >= 0.3 is 0 Å². The van der Waals surface area contributed by atoms with Gasteiger partial charge in [-0.25, -0.2) is 4.39 Å². The lowest BCUT2D eigenvalue weighted by atomic mass is 10.1. The van der Waals surface area contributed by atoms with E-state index in [2.05, 4.69) is 39.4 Å². The third kappa shape index (κ3) is 7.42. The van der Waals surface area contributed by atoms with Gasteiger partial charge in [-0.2, -0.15) is 0 Å². The Morgan fingerprint density at radius 1 is 1.21 bits per heavy atom. The SMILES string of the molecule is CCNC(=NCCN1CCCN(C)CC1)NCCc1c[nH]c2ccc(F)cc12.I. The molecular formula is C21H34FIN6. The van der Waals surface area contributed by atoms with Crippen molar-refractivity contribution in [3.05, 3.63) is 35.8 Å². The molecule has 1 aromatic carbocycles. The molecule has 0 unspecified atom stereocenters. The van der Waals surface area contributed by atoms with Crippen LogP contribution in [0.1, 0.15) is 18.9 Å². The zero-order chi connectivity index (χ0) is 19.8. The number of fused-ring (bicyclic) bond motifs is 1. The van der Waals surface area contributed by atoms with Crippen LogP contribution >= 0.6 is 24.0 Å². The Balaban J connectivity index is 0.00000300. The number of aromatic nitrogens is 1. The van der Waals surface area contributed by atoms with Gasteiger partial charge in [0.2, 0.25) is 0 Å². The number of hydrogen-bond acceptors (Lipinski definition) is 3. The van der Waals surface area contributed by atoms with Crippen LogP contribution in [0.25, 0.3) is 10.9 Å². The van der Waals surface area contributed by atoms with Crippen molar-refractivity contribution in [3.8, 4) is 0 Å². The molecule has 2 heterocycles. The molecule has 0 atom stereocenters. The number of guanidine groups is 1. The minimum atomic E-state index is -0.198. The molecule has 162 valence electrons. The molecule has 1 saturated heterocycles. The number of likely N-dealkylation sites (N-methyl/N-ethyl adjacent to an activating group) is 1. The van der Waals surface area contributed by atoms with Crippen molar-refractivity contribution in [2.75, 3.05) is 59.4 Å². The lowest BCUT2D eigenvalue weighted by molar-refractivity contribution is 0.283. The minimum absolute atomic E-state index is 0. The third-order valence-electron chi connectivity index (χ3n) is 5.26. The number of benzene rings is 1. The number of aliphatic imine (C=N–C) groups is 1. The molecule has 6 nitrogen and oxygen atoms in total. The number of hydrogen-bond donors (Lipinski definition) is 3. The Morgan fingerprint density at radius 2 is 2.07 bits per heavy atom. The van der Waals surface area contributed by atoms with Gasteiger partial charge in [0.05, 0.1) is 6.54 Å². The molecule has 3 rings (SSSR count). The Morgan fingerprint density at radius 3 is 2.90 bits per heavy atom. The summed E-state index contributed by atoms with van der Waals surface area (Å²) in [5, 5.41) is 7.66. The first-order valence-corrected chi connectivity index (χ1v) is 10.3. The van der Waals surface area contributed by atoms with Crippen LogP contribution in [0.4, 0.5) is 4.39 Å². The van der Waals surface area contributed by atoms with E-state index in [1.165, 1.54) is 19.0 Å². The normalized spacial score (nSPS) is 16.4. The van der Waals surface area contributed by atoms with Crippen LogP contribution in [0.5, 0.6) is 0 Å². The molecule has 3 N–H and O–H groups in total. The van der Waals surface area contributed by atoms with Gasteiger partial charge in [-0.1, -0.05) is 0 Å². The van der Waals surface area contributed by atoms with Gasteiger partial charge in [0.15, 0.2) is 5.96 Å². The summed E-state index contributed by atoms with van der Waals surface area (Å²) in [4.78, 5) is 12.8. The fourth-order valence-electron chi connectivity index (χ4n) is 3.64.